The van der Waals surface area contributed by atoms with Crippen LogP contribution in [0.25, 0.3) is 208 Å². The summed E-state index contributed by atoms with van der Waals surface area (Å²) in [6.45, 7) is 4.60. The van der Waals surface area contributed by atoms with Gasteiger partial charge in [0, 0.05) is 116 Å². The molecule has 25 aromatic rings. The summed E-state index contributed by atoms with van der Waals surface area (Å²) in [6.07, 6.45) is 0. The number of fused-ring (bicyclic) bond motifs is 25. The number of thiophene rings is 3. The van der Waals surface area contributed by atoms with Gasteiger partial charge in [0.1, 0.15) is 0 Å². The number of hydrogen-bond donors (Lipinski definition) is 0. The molecular weight excluding hydrogens is 1760 g/mol. The zero-order valence-corrected chi connectivity index (χ0v) is 78.5. The molecule has 0 N–H and O–H groups in total. The molecule has 12 heteroatoms. The fourth-order valence-electron chi connectivity index (χ4n) is 22.3. The van der Waals surface area contributed by atoms with Crippen molar-refractivity contribution in [1.82, 2.24) is 44.9 Å². The number of aromatic nitrogens is 9. The van der Waals surface area contributed by atoms with E-state index in [-0.39, 0.29) is 5.41 Å². The fourth-order valence-corrected chi connectivity index (χ4v) is 25.6. The van der Waals surface area contributed by atoms with Crippen molar-refractivity contribution in [3.63, 3.8) is 0 Å². The fraction of sp³-hybridized carbons (Fsp3) is 0.0391. The van der Waals surface area contributed by atoms with Gasteiger partial charge in [0.25, 0.3) is 0 Å². The van der Waals surface area contributed by atoms with Crippen molar-refractivity contribution in [1.29, 1.82) is 0 Å². The minimum Gasteiger partial charge on any atom is -0.208 e. The Hall–Kier alpha value is -17.1. The lowest BCUT2D eigenvalue weighted by Gasteiger charge is -2.34. The summed E-state index contributed by atoms with van der Waals surface area (Å²) in [4.78, 5) is 46.0. The highest BCUT2D eigenvalue weighted by Gasteiger charge is 2.52. The van der Waals surface area contributed by atoms with Crippen molar-refractivity contribution >= 4 is 94.5 Å². The van der Waals surface area contributed by atoms with E-state index >= 15 is 0 Å². The Morgan fingerprint density at radius 3 is 0.693 bits per heavy atom. The van der Waals surface area contributed by atoms with Gasteiger partial charge in [-0.05, 0) is 191 Å². The second kappa shape index (κ2) is 33.1. The smallest absolute Gasteiger partial charge is 0.164 e. The Morgan fingerprint density at radius 1 is 0.150 bits per heavy atom. The molecule has 4 aliphatic rings. The van der Waals surface area contributed by atoms with Crippen LogP contribution in [0.15, 0.2) is 455 Å². The van der Waals surface area contributed by atoms with Crippen molar-refractivity contribution in [3.05, 3.63) is 511 Å². The van der Waals surface area contributed by atoms with Crippen molar-refractivity contribution in [2.45, 2.75) is 30.1 Å². The molecule has 6 aromatic heterocycles. The Kier molecular flexibility index (Phi) is 19.5. The van der Waals surface area contributed by atoms with E-state index in [0.717, 1.165) is 50.1 Å². The molecule has 6 heterocycles. The van der Waals surface area contributed by atoms with E-state index in [4.69, 9.17) is 44.9 Å². The standard InChI is InChI=1S/C46H27N3S.C46H29N3S.C36H25N3S/c1-2-12-28(13-3-1)43-47-44(29-23-25-42-36(26-29)35-17-7-11-21-41(35)50-42)49-45(48-43)30-22-24-34-33-16-6-10-20-39(33)46(40(34)27-30)37-18-8-4-14-31(37)32-15-5-9-19-38(32)46;1-4-14-30(15-5-1)43-47-44(31-25-27-42-38(28-31)37-21-11-13-23-41(37)50-42)49-45(48-43)32-24-26-36-35-20-10-12-22-39(35)46(40(36)29-32,33-16-6-2-7-17-33)34-18-8-3-9-19-34;1-36(2)29-14-8-6-12-25(29)26-18-16-24(21-30(26)36)35-38-33(22-10-4-3-5-11-22)37-34(39-35)23-17-19-32-28(20-23)27-13-7-9-15-31(27)40-32/h1-27H;1-29H;3-21H,1-2H3. The summed E-state index contributed by atoms with van der Waals surface area (Å²) in [5.41, 5.74) is 30.8. The summed E-state index contributed by atoms with van der Waals surface area (Å²) in [5, 5.41) is 7.45. The molecule has 19 aromatic carbocycles. The predicted molar refractivity (Wildman–Crippen MR) is 578 cm³/mol. The maximum atomic E-state index is 5.23. The lowest BCUT2D eigenvalue weighted by Crippen LogP contribution is -2.28. The minimum atomic E-state index is -0.506. The van der Waals surface area contributed by atoms with Crippen molar-refractivity contribution < 1.29 is 0 Å². The van der Waals surface area contributed by atoms with Gasteiger partial charge >= 0.3 is 0 Å². The quantitative estimate of drug-likeness (QED) is 0.125. The molecule has 9 nitrogen and oxygen atoms in total. The second-order valence-electron chi connectivity index (χ2n) is 36.8. The third-order valence-corrected chi connectivity index (χ3v) is 32.2. The molecule has 0 amide bonds. The zero-order chi connectivity index (χ0) is 92.7. The average molecular weight is 1840 g/mol. The molecule has 656 valence electrons. The van der Waals surface area contributed by atoms with Crippen LogP contribution in [0.2, 0.25) is 0 Å². The highest BCUT2D eigenvalue weighted by atomic mass is 32.1. The van der Waals surface area contributed by atoms with Gasteiger partial charge in [-0.25, -0.2) is 44.9 Å². The first-order chi connectivity index (χ1) is 69.1. The number of hydrogen-bond acceptors (Lipinski definition) is 12. The van der Waals surface area contributed by atoms with Crippen LogP contribution in [-0.2, 0) is 16.2 Å². The van der Waals surface area contributed by atoms with Gasteiger partial charge in [-0.3, -0.25) is 0 Å². The Morgan fingerprint density at radius 2 is 0.364 bits per heavy atom. The number of benzene rings is 19. The van der Waals surface area contributed by atoms with Gasteiger partial charge in [0.15, 0.2) is 52.4 Å². The van der Waals surface area contributed by atoms with Gasteiger partial charge in [0.05, 0.1) is 10.8 Å². The van der Waals surface area contributed by atoms with Crippen LogP contribution < -0.4 is 0 Å². The Bertz CT molecular complexity index is 8910. The van der Waals surface area contributed by atoms with Gasteiger partial charge < -0.3 is 0 Å². The van der Waals surface area contributed by atoms with E-state index in [0.29, 0.717) is 52.4 Å². The molecular formula is C128H81N9S3. The molecule has 0 atom stereocenters. The Balaban J connectivity index is 0.000000106. The molecule has 4 aliphatic carbocycles. The van der Waals surface area contributed by atoms with E-state index in [1.54, 1.807) is 0 Å². The SMILES string of the molecule is CC1(C)c2ccccc2-c2ccc(-c3nc(-c4ccccc4)nc(-c4ccc5sc6ccccc6c5c4)n3)cc21.c1ccc(-c2nc(-c3ccc4c(c3)C(c3ccccc3)(c3ccccc3)c3ccccc3-4)nc(-c3ccc4sc5ccccc5c4c3)n2)cc1.c1ccc(-c2nc(-c3ccc4c(c3)C3(c5ccccc5-c5ccccc53)c3ccccc3-4)nc(-c3ccc4sc5ccccc5c4c3)n2)cc1. The van der Waals surface area contributed by atoms with Crippen LogP contribution >= 0.6 is 34.0 Å². The summed E-state index contributed by atoms with van der Waals surface area (Å²) >= 11 is 5.45. The van der Waals surface area contributed by atoms with E-state index in [2.05, 4.69) is 414 Å². The van der Waals surface area contributed by atoms with E-state index in [1.165, 1.54) is 161 Å². The van der Waals surface area contributed by atoms with E-state index in [9.17, 15) is 0 Å². The second-order valence-corrected chi connectivity index (χ2v) is 40.1. The van der Waals surface area contributed by atoms with Gasteiger partial charge in [-0.1, -0.05) is 378 Å². The average Bonchev–Trinajstić information content (AvgIpc) is 1.52. The molecule has 0 saturated heterocycles. The maximum absolute atomic E-state index is 5.23. The minimum absolute atomic E-state index is 0.0922. The molecule has 0 saturated carbocycles. The molecule has 140 heavy (non-hydrogen) atoms. The van der Waals surface area contributed by atoms with E-state index in [1.807, 2.05) is 88.6 Å². The largest absolute Gasteiger partial charge is 0.208 e. The molecule has 1 spiro atoms. The van der Waals surface area contributed by atoms with Gasteiger partial charge in [-0.2, -0.15) is 0 Å². The third kappa shape index (κ3) is 13.3. The van der Waals surface area contributed by atoms with E-state index < -0.39 is 10.8 Å². The first kappa shape index (κ1) is 82.3. The summed E-state index contributed by atoms with van der Waals surface area (Å²) in [7, 11) is 0. The molecule has 0 fully saturated rings. The Labute approximate surface area is 820 Å². The van der Waals surface area contributed by atoms with Crippen LogP contribution in [0.5, 0.6) is 0 Å². The first-order valence-electron chi connectivity index (χ1n) is 47.4. The molecule has 0 radical (unpaired) electrons. The van der Waals surface area contributed by atoms with Crippen LogP contribution in [0.3, 0.4) is 0 Å². The lowest BCUT2D eigenvalue weighted by atomic mass is 9.67. The van der Waals surface area contributed by atoms with Crippen molar-refractivity contribution in [2.75, 3.05) is 0 Å². The molecule has 0 aliphatic heterocycles. The normalized spacial score (nSPS) is 13.2. The van der Waals surface area contributed by atoms with Crippen LogP contribution in [0.1, 0.15) is 69.5 Å². The first-order valence-corrected chi connectivity index (χ1v) is 49.8. The third-order valence-electron chi connectivity index (χ3n) is 28.7. The summed E-state index contributed by atoms with van der Waals surface area (Å²) in [5.74, 6) is 6.01. The highest BCUT2D eigenvalue weighted by molar-refractivity contribution is 7.26. The van der Waals surface area contributed by atoms with Gasteiger partial charge in [0.2, 0.25) is 0 Å². The van der Waals surface area contributed by atoms with Crippen LogP contribution in [0.4, 0.5) is 0 Å². The number of rotatable bonds is 11. The number of nitrogens with zero attached hydrogens (tertiary/aromatic N) is 9. The highest BCUT2D eigenvalue weighted by Crippen LogP contribution is 2.64. The van der Waals surface area contributed by atoms with Crippen molar-refractivity contribution in [2.24, 2.45) is 0 Å². The lowest BCUT2D eigenvalue weighted by molar-refractivity contribution is 0.660. The predicted octanol–water partition coefficient (Wildman–Crippen LogP) is 32.7. The maximum Gasteiger partial charge on any atom is 0.164 e. The molecule has 29 rings (SSSR count). The van der Waals surface area contributed by atoms with Crippen LogP contribution in [-0.4, -0.2) is 44.9 Å². The summed E-state index contributed by atoms with van der Waals surface area (Å²) in [6, 6.07) is 162. The van der Waals surface area contributed by atoms with Crippen molar-refractivity contribution in [3.8, 4) is 147 Å². The molecule has 0 bridgehead atoms. The monoisotopic (exact) mass is 1840 g/mol. The zero-order valence-electron chi connectivity index (χ0n) is 76.1. The topological polar surface area (TPSA) is 116 Å². The molecule has 0 unspecified atom stereocenters. The van der Waals surface area contributed by atoms with Gasteiger partial charge in [-0.15, -0.1) is 34.0 Å². The summed E-state index contributed by atoms with van der Waals surface area (Å²) < 4.78 is 7.63. The van der Waals surface area contributed by atoms with Crippen LogP contribution in [0, 0.1) is 0 Å².